The molecule has 2 aromatic rings. The van der Waals surface area contributed by atoms with E-state index in [-0.39, 0.29) is 5.56 Å². The van der Waals surface area contributed by atoms with Gasteiger partial charge in [0.15, 0.2) is 0 Å². The highest BCUT2D eigenvalue weighted by Gasteiger charge is 2.13. The van der Waals surface area contributed by atoms with Crippen LogP contribution in [0.5, 0.6) is 11.6 Å². The lowest BCUT2D eigenvalue weighted by molar-refractivity contribution is 0.0694. The first kappa shape index (κ1) is 13.5. The van der Waals surface area contributed by atoms with E-state index in [1.807, 2.05) is 19.9 Å². The predicted octanol–water partition coefficient (Wildman–Crippen LogP) is 3.95. The van der Waals surface area contributed by atoms with Gasteiger partial charge in [-0.1, -0.05) is 6.07 Å². The summed E-state index contributed by atoms with van der Waals surface area (Å²) in [6, 6.07) is 8.44. The molecular formula is C14H12BrNO3. The number of aromatic nitrogens is 1. The van der Waals surface area contributed by atoms with Gasteiger partial charge in [-0.15, -0.1) is 0 Å². The second-order valence-corrected chi connectivity index (χ2v) is 4.98. The molecule has 5 heteroatoms. The highest BCUT2D eigenvalue weighted by molar-refractivity contribution is 9.10. The van der Waals surface area contributed by atoms with E-state index in [4.69, 9.17) is 9.84 Å². The van der Waals surface area contributed by atoms with Crippen LogP contribution in [0.4, 0.5) is 0 Å². The van der Waals surface area contributed by atoms with Gasteiger partial charge in [-0.3, -0.25) is 0 Å². The smallest absolute Gasteiger partial charge is 0.339 e. The molecule has 0 aliphatic heterocycles. The Morgan fingerprint density at radius 3 is 2.63 bits per heavy atom. The molecule has 1 aromatic heterocycles. The van der Waals surface area contributed by atoms with Crippen LogP contribution in [0, 0.1) is 13.8 Å². The van der Waals surface area contributed by atoms with Gasteiger partial charge in [0.2, 0.25) is 5.88 Å². The first-order valence-electron chi connectivity index (χ1n) is 5.62. The van der Waals surface area contributed by atoms with Crippen LogP contribution < -0.4 is 4.74 Å². The number of aryl methyl sites for hydroxylation is 2. The largest absolute Gasteiger partial charge is 0.478 e. The maximum absolute atomic E-state index is 11.1. The minimum atomic E-state index is -1.02. The van der Waals surface area contributed by atoms with E-state index in [9.17, 15) is 4.79 Å². The van der Waals surface area contributed by atoms with Crippen molar-refractivity contribution in [1.82, 2.24) is 4.98 Å². The lowest BCUT2D eigenvalue weighted by Crippen LogP contribution is -2.01. The van der Waals surface area contributed by atoms with Crippen molar-refractivity contribution in [2.45, 2.75) is 13.8 Å². The van der Waals surface area contributed by atoms with Crippen molar-refractivity contribution in [2.75, 3.05) is 0 Å². The average molecular weight is 322 g/mol. The standard InChI is InChI=1S/C14H12BrNO3/c1-8-3-4-10(14(17)18)12(7-8)19-13-6-5-11(15)9(2)16-13/h3-7H,1-2H3,(H,17,18). The molecule has 0 atom stereocenters. The summed E-state index contributed by atoms with van der Waals surface area (Å²) >= 11 is 3.35. The van der Waals surface area contributed by atoms with Crippen LogP contribution in [-0.4, -0.2) is 16.1 Å². The van der Waals surface area contributed by atoms with E-state index in [0.29, 0.717) is 11.6 Å². The molecule has 19 heavy (non-hydrogen) atoms. The van der Waals surface area contributed by atoms with Crippen molar-refractivity contribution in [1.29, 1.82) is 0 Å². The summed E-state index contributed by atoms with van der Waals surface area (Å²) < 4.78 is 6.45. The van der Waals surface area contributed by atoms with Crippen molar-refractivity contribution < 1.29 is 14.6 Å². The number of benzene rings is 1. The zero-order valence-corrected chi connectivity index (χ0v) is 12.1. The van der Waals surface area contributed by atoms with Gasteiger partial charge in [-0.2, -0.15) is 0 Å². The Kier molecular flexibility index (Phi) is 3.85. The normalized spacial score (nSPS) is 10.3. The highest BCUT2D eigenvalue weighted by Crippen LogP contribution is 2.27. The van der Waals surface area contributed by atoms with Gasteiger partial charge in [-0.05, 0) is 53.5 Å². The molecule has 0 saturated carbocycles. The molecule has 4 nitrogen and oxygen atoms in total. The summed E-state index contributed by atoms with van der Waals surface area (Å²) in [5.74, 6) is -0.362. The van der Waals surface area contributed by atoms with E-state index in [0.717, 1.165) is 15.7 Å². The highest BCUT2D eigenvalue weighted by atomic mass is 79.9. The number of hydrogen-bond donors (Lipinski definition) is 1. The third kappa shape index (κ3) is 3.12. The zero-order chi connectivity index (χ0) is 14.0. The Balaban J connectivity index is 2.39. The summed E-state index contributed by atoms with van der Waals surface area (Å²) in [5.41, 5.74) is 1.82. The van der Waals surface area contributed by atoms with E-state index >= 15 is 0 Å². The van der Waals surface area contributed by atoms with Crippen molar-refractivity contribution >= 4 is 21.9 Å². The predicted molar refractivity (Wildman–Crippen MR) is 74.9 cm³/mol. The number of aromatic carboxylic acids is 1. The Labute approximate surface area is 119 Å². The minimum Gasteiger partial charge on any atom is -0.478 e. The summed E-state index contributed by atoms with van der Waals surface area (Å²) in [4.78, 5) is 15.4. The lowest BCUT2D eigenvalue weighted by Gasteiger charge is -2.09. The van der Waals surface area contributed by atoms with E-state index in [1.165, 1.54) is 6.07 Å². The van der Waals surface area contributed by atoms with E-state index in [1.54, 1.807) is 18.2 Å². The van der Waals surface area contributed by atoms with Gasteiger partial charge in [0, 0.05) is 10.5 Å². The van der Waals surface area contributed by atoms with E-state index in [2.05, 4.69) is 20.9 Å². The van der Waals surface area contributed by atoms with Crippen molar-refractivity contribution in [2.24, 2.45) is 0 Å². The van der Waals surface area contributed by atoms with Crippen molar-refractivity contribution in [3.63, 3.8) is 0 Å². The van der Waals surface area contributed by atoms with Crippen LogP contribution in [-0.2, 0) is 0 Å². The summed E-state index contributed by atoms with van der Waals surface area (Å²) in [7, 11) is 0. The van der Waals surface area contributed by atoms with Crippen LogP contribution in [0.1, 0.15) is 21.6 Å². The van der Waals surface area contributed by atoms with Crippen LogP contribution in [0.3, 0.4) is 0 Å². The molecule has 1 heterocycles. The number of halogens is 1. The summed E-state index contributed by atoms with van der Waals surface area (Å²) in [6.45, 7) is 3.71. The molecule has 0 aliphatic rings. The number of carbonyl (C=O) groups is 1. The van der Waals surface area contributed by atoms with Gasteiger partial charge in [0.1, 0.15) is 11.3 Å². The SMILES string of the molecule is Cc1ccc(C(=O)O)c(Oc2ccc(Br)c(C)n2)c1. The number of ether oxygens (including phenoxy) is 1. The fourth-order valence-corrected chi connectivity index (χ4v) is 1.80. The Bertz CT molecular complexity index is 641. The summed E-state index contributed by atoms with van der Waals surface area (Å²) in [5, 5.41) is 9.13. The van der Waals surface area contributed by atoms with Crippen LogP contribution in [0.25, 0.3) is 0 Å². The first-order chi connectivity index (χ1) is 8.97. The van der Waals surface area contributed by atoms with Gasteiger partial charge in [-0.25, -0.2) is 9.78 Å². The minimum absolute atomic E-state index is 0.118. The fourth-order valence-electron chi connectivity index (χ4n) is 1.58. The van der Waals surface area contributed by atoms with Gasteiger partial charge in [0.25, 0.3) is 0 Å². The number of nitrogens with zero attached hydrogens (tertiary/aromatic N) is 1. The molecule has 98 valence electrons. The second kappa shape index (κ2) is 5.40. The van der Waals surface area contributed by atoms with Crippen LogP contribution in [0.2, 0.25) is 0 Å². The van der Waals surface area contributed by atoms with Crippen molar-refractivity contribution in [3.05, 3.63) is 51.6 Å². The molecule has 0 aliphatic carbocycles. The molecule has 0 spiro atoms. The molecule has 1 N–H and O–H groups in total. The van der Waals surface area contributed by atoms with E-state index < -0.39 is 5.97 Å². The number of hydrogen-bond acceptors (Lipinski definition) is 3. The molecular weight excluding hydrogens is 310 g/mol. The maximum atomic E-state index is 11.1. The van der Waals surface area contributed by atoms with Gasteiger partial charge in [0.05, 0.1) is 5.69 Å². The Hall–Kier alpha value is -1.88. The monoisotopic (exact) mass is 321 g/mol. The third-order valence-electron chi connectivity index (χ3n) is 2.58. The quantitative estimate of drug-likeness (QED) is 0.929. The topological polar surface area (TPSA) is 59.4 Å². The molecule has 0 unspecified atom stereocenters. The molecule has 1 aromatic carbocycles. The number of pyridine rings is 1. The van der Waals surface area contributed by atoms with Crippen LogP contribution >= 0.6 is 15.9 Å². The first-order valence-corrected chi connectivity index (χ1v) is 6.41. The zero-order valence-electron chi connectivity index (χ0n) is 10.5. The average Bonchev–Trinajstić information content (AvgIpc) is 2.33. The molecule has 0 saturated heterocycles. The molecule has 0 radical (unpaired) electrons. The molecule has 0 amide bonds. The number of rotatable bonds is 3. The van der Waals surface area contributed by atoms with Crippen molar-refractivity contribution in [3.8, 4) is 11.6 Å². The Morgan fingerprint density at radius 2 is 2.00 bits per heavy atom. The number of carboxylic acids is 1. The third-order valence-corrected chi connectivity index (χ3v) is 3.42. The second-order valence-electron chi connectivity index (χ2n) is 4.12. The molecule has 0 bridgehead atoms. The Morgan fingerprint density at radius 1 is 1.26 bits per heavy atom. The van der Waals surface area contributed by atoms with Gasteiger partial charge >= 0.3 is 5.97 Å². The lowest BCUT2D eigenvalue weighted by atomic mass is 10.1. The van der Waals surface area contributed by atoms with Crippen LogP contribution in [0.15, 0.2) is 34.8 Å². The summed E-state index contributed by atoms with van der Waals surface area (Å²) in [6.07, 6.45) is 0. The molecule has 2 rings (SSSR count). The van der Waals surface area contributed by atoms with Gasteiger partial charge < -0.3 is 9.84 Å². The molecule has 0 fully saturated rings. The number of carboxylic acid groups (broad SMARTS) is 1. The fraction of sp³-hybridized carbons (Fsp3) is 0.143. The maximum Gasteiger partial charge on any atom is 0.339 e.